The van der Waals surface area contributed by atoms with Gasteiger partial charge in [0.15, 0.2) is 0 Å². The number of benzene rings is 4. The van der Waals surface area contributed by atoms with Crippen molar-refractivity contribution in [1.29, 1.82) is 0 Å². The van der Waals surface area contributed by atoms with Gasteiger partial charge in [0.25, 0.3) is 10.0 Å². The summed E-state index contributed by atoms with van der Waals surface area (Å²) in [5.74, 6) is 0.173. The number of amides is 2. The van der Waals surface area contributed by atoms with E-state index in [2.05, 4.69) is 5.32 Å². The molecule has 11 heteroatoms. The van der Waals surface area contributed by atoms with Gasteiger partial charge >= 0.3 is 0 Å². The van der Waals surface area contributed by atoms with Crippen LogP contribution in [-0.2, 0) is 26.2 Å². The molecule has 47 heavy (non-hydrogen) atoms. The summed E-state index contributed by atoms with van der Waals surface area (Å²) in [7, 11) is -4.24. The molecule has 0 spiro atoms. The molecule has 0 heterocycles. The van der Waals surface area contributed by atoms with Crippen molar-refractivity contribution in [1.82, 2.24) is 10.2 Å². The number of sulfonamides is 1. The van der Waals surface area contributed by atoms with E-state index in [4.69, 9.17) is 27.9 Å². The molecule has 0 bridgehead atoms. The highest BCUT2D eigenvalue weighted by Crippen LogP contribution is 2.30. The molecular formula is C36H39Cl2N3O5S. The summed E-state index contributed by atoms with van der Waals surface area (Å²) in [4.78, 5) is 29.2. The van der Waals surface area contributed by atoms with Gasteiger partial charge in [0.05, 0.1) is 10.6 Å². The fourth-order valence-electron chi connectivity index (χ4n) is 4.95. The van der Waals surface area contributed by atoms with Crippen LogP contribution in [-0.4, -0.2) is 44.3 Å². The summed E-state index contributed by atoms with van der Waals surface area (Å²) in [6, 6.07) is 26.1. The van der Waals surface area contributed by atoms with Gasteiger partial charge in [-0.1, -0.05) is 85.4 Å². The number of nitrogens with zero attached hydrogens (tertiary/aromatic N) is 2. The Hall–Kier alpha value is -4.05. The highest BCUT2D eigenvalue weighted by atomic mass is 35.5. The van der Waals surface area contributed by atoms with Crippen LogP contribution >= 0.6 is 23.2 Å². The van der Waals surface area contributed by atoms with Crippen LogP contribution in [0.15, 0.2) is 102 Å². The molecule has 0 unspecified atom stereocenters. The number of ether oxygens (including phenoxy) is 1. The van der Waals surface area contributed by atoms with Gasteiger partial charge in [-0.15, -0.1) is 0 Å². The van der Waals surface area contributed by atoms with E-state index in [1.54, 1.807) is 61.5 Å². The summed E-state index contributed by atoms with van der Waals surface area (Å²) in [6.07, 6.45) is 1.94. The minimum absolute atomic E-state index is 0.0190. The Bertz CT molecular complexity index is 1730. The van der Waals surface area contributed by atoms with E-state index in [1.165, 1.54) is 17.0 Å². The third kappa shape index (κ3) is 9.28. The van der Waals surface area contributed by atoms with Crippen LogP contribution in [0.4, 0.5) is 5.69 Å². The average molecular weight is 697 g/mol. The predicted octanol–water partition coefficient (Wildman–Crippen LogP) is 8.01. The van der Waals surface area contributed by atoms with E-state index in [0.29, 0.717) is 33.7 Å². The number of anilines is 1. The molecule has 0 saturated heterocycles. The Labute approximate surface area is 287 Å². The Morgan fingerprint density at radius 3 is 2.04 bits per heavy atom. The van der Waals surface area contributed by atoms with E-state index in [9.17, 15) is 18.0 Å². The number of para-hydroxylation sites is 1. The molecule has 4 rings (SSSR count). The normalized spacial score (nSPS) is 11.9. The first-order chi connectivity index (χ1) is 22.5. The summed E-state index contributed by atoms with van der Waals surface area (Å²) in [5.41, 5.74) is 1.59. The minimum Gasteiger partial charge on any atom is -0.457 e. The summed E-state index contributed by atoms with van der Waals surface area (Å²) < 4.78 is 35.3. The third-order valence-corrected chi connectivity index (χ3v) is 10.1. The number of nitrogens with one attached hydrogen (secondary N) is 1. The Balaban J connectivity index is 1.74. The minimum atomic E-state index is -4.24. The van der Waals surface area contributed by atoms with E-state index in [1.807, 2.05) is 44.2 Å². The lowest BCUT2D eigenvalue weighted by Gasteiger charge is -2.33. The lowest BCUT2D eigenvalue weighted by atomic mass is 10.1. The van der Waals surface area contributed by atoms with Crippen molar-refractivity contribution in [2.24, 2.45) is 0 Å². The number of hydrogen-bond acceptors (Lipinski definition) is 5. The van der Waals surface area contributed by atoms with E-state index in [0.717, 1.165) is 22.7 Å². The molecule has 0 aliphatic heterocycles. The van der Waals surface area contributed by atoms with Crippen LogP contribution in [0.5, 0.6) is 11.5 Å². The molecule has 0 saturated carbocycles. The van der Waals surface area contributed by atoms with Crippen LogP contribution < -0.4 is 14.4 Å². The molecule has 8 nitrogen and oxygen atoms in total. The van der Waals surface area contributed by atoms with Crippen molar-refractivity contribution in [3.05, 3.63) is 118 Å². The van der Waals surface area contributed by atoms with E-state index < -0.39 is 28.5 Å². The lowest BCUT2D eigenvalue weighted by Crippen LogP contribution is -2.52. The van der Waals surface area contributed by atoms with Gasteiger partial charge in [0, 0.05) is 28.7 Å². The second kappa shape index (κ2) is 16.7. The third-order valence-electron chi connectivity index (χ3n) is 7.60. The maximum atomic E-state index is 14.4. The number of rotatable bonds is 15. The first-order valence-electron chi connectivity index (χ1n) is 15.5. The quantitative estimate of drug-likeness (QED) is 0.127. The van der Waals surface area contributed by atoms with E-state index >= 15 is 0 Å². The van der Waals surface area contributed by atoms with Gasteiger partial charge < -0.3 is 15.0 Å². The molecule has 0 aromatic heterocycles. The molecule has 0 aliphatic carbocycles. The Morgan fingerprint density at radius 2 is 1.45 bits per heavy atom. The Kier molecular flexibility index (Phi) is 12.7. The predicted molar refractivity (Wildman–Crippen MR) is 188 cm³/mol. The topological polar surface area (TPSA) is 96.0 Å². The average Bonchev–Trinajstić information content (AvgIpc) is 3.06. The number of halogens is 2. The summed E-state index contributed by atoms with van der Waals surface area (Å²) in [5, 5.41) is 3.57. The Morgan fingerprint density at radius 1 is 0.830 bits per heavy atom. The second-order valence-electron chi connectivity index (χ2n) is 11.0. The van der Waals surface area contributed by atoms with Gasteiger partial charge in [-0.25, -0.2) is 8.42 Å². The highest BCUT2D eigenvalue weighted by molar-refractivity contribution is 7.92. The molecule has 1 atom stereocenters. The van der Waals surface area contributed by atoms with Crippen molar-refractivity contribution in [2.45, 2.75) is 57.5 Å². The first kappa shape index (κ1) is 35.8. The van der Waals surface area contributed by atoms with Crippen molar-refractivity contribution < 1.29 is 22.7 Å². The van der Waals surface area contributed by atoms with Crippen molar-refractivity contribution in [3.8, 4) is 11.5 Å². The van der Waals surface area contributed by atoms with Crippen LogP contribution in [0.25, 0.3) is 0 Å². The maximum Gasteiger partial charge on any atom is 0.264 e. The molecule has 0 aliphatic rings. The maximum absolute atomic E-state index is 14.4. The molecule has 1 N–H and O–H groups in total. The fraction of sp³-hybridized carbons (Fsp3) is 0.278. The SMILES string of the molecule is CCCCNC(=O)[C@H](CC)N(Cc1c(Cl)cccc1Cl)C(=O)CN(c1ccc(Oc2ccccc2)cc1)S(=O)(=O)c1ccc(C)cc1. The summed E-state index contributed by atoms with van der Waals surface area (Å²) >= 11 is 13.0. The molecule has 2 amide bonds. The molecule has 0 fully saturated rings. The smallest absolute Gasteiger partial charge is 0.264 e. The van der Waals surface area contributed by atoms with Crippen LogP contribution in [0.1, 0.15) is 44.2 Å². The molecule has 4 aromatic carbocycles. The second-order valence-corrected chi connectivity index (χ2v) is 13.7. The monoisotopic (exact) mass is 695 g/mol. The molecule has 4 aromatic rings. The van der Waals surface area contributed by atoms with Gasteiger partial charge in [-0.2, -0.15) is 0 Å². The van der Waals surface area contributed by atoms with Gasteiger partial charge in [-0.3, -0.25) is 13.9 Å². The van der Waals surface area contributed by atoms with Gasteiger partial charge in [-0.05, 0) is 80.4 Å². The zero-order valence-corrected chi connectivity index (χ0v) is 29.0. The zero-order chi connectivity index (χ0) is 34.0. The van der Waals surface area contributed by atoms with Crippen molar-refractivity contribution in [2.75, 3.05) is 17.4 Å². The number of carbonyl (C=O) groups is 2. The highest BCUT2D eigenvalue weighted by Gasteiger charge is 2.34. The number of carbonyl (C=O) groups excluding carboxylic acids is 2. The number of aryl methyl sites for hydroxylation is 1. The van der Waals surface area contributed by atoms with E-state index in [-0.39, 0.29) is 29.5 Å². The molecular weight excluding hydrogens is 657 g/mol. The van der Waals surface area contributed by atoms with Crippen molar-refractivity contribution in [3.63, 3.8) is 0 Å². The van der Waals surface area contributed by atoms with Gasteiger partial charge in [0.1, 0.15) is 24.1 Å². The number of hydrogen-bond donors (Lipinski definition) is 1. The van der Waals surface area contributed by atoms with Crippen LogP contribution in [0.3, 0.4) is 0 Å². The van der Waals surface area contributed by atoms with Gasteiger partial charge in [0.2, 0.25) is 11.8 Å². The lowest BCUT2D eigenvalue weighted by molar-refractivity contribution is -0.140. The largest absolute Gasteiger partial charge is 0.457 e. The molecule has 0 radical (unpaired) electrons. The molecule has 248 valence electrons. The summed E-state index contributed by atoms with van der Waals surface area (Å²) in [6.45, 7) is 5.44. The van der Waals surface area contributed by atoms with Crippen LogP contribution in [0.2, 0.25) is 10.0 Å². The standard InChI is InChI=1S/C36H39Cl2N3O5S/c1-4-6-23-39-36(43)34(5-2)40(24-31-32(37)13-10-14-33(31)38)35(42)25-41(47(44,45)30-21-15-26(3)16-22-30)27-17-19-29(20-18-27)46-28-11-8-7-9-12-28/h7-22,34H,4-6,23-25H2,1-3H3,(H,39,43)/t34-/m0/s1. The van der Waals surface area contributed by atoms with Crippen molar-refractivity contribution >= 4 is 50.7 Å². The van der Waals surface area contributed by atoms with Crippen LogP contribution in [0, 0.1) is 6.92 Å². The fourth-order valence-corrected chi connectivity index (χ4v) is 6.88. The number of unbranched alkanes of at least 4 members (excludes halogenated alkanes) is 1. The zero-order valence-electron chi connectivity index (χ0n) is 26.7. The first-order valence-corrected chi connectivity index (χ1v) is 17.7.